The van der Waals surface area contributed by atoms with Crippen LogP contribution in [0.5, 0.6) is 11.5 Å². The van der Waals surface area contributed by atoms with E-state index in [2.05, 4.69) is 25.6 Å². The summed E-state index contributed by atoms with van der Waals surface area (Å²) in [7, 11) is 1.64. The van der Waals surface area contributed by atoms with Gasteiger partial charge >= 0.3 is 0 Å². The molecule has 0 fully saturated rings. The Bertz CT molecular complexity index is 841. The molecule has 2 aromatic heterocycles. The van der Waals surface area contributed by atoms with Gasteiger partial charge in [0, 0.05) is 30.7 Å². The van der Waals surface area contributed by atoms with Crippen LogP contribution in [0.2, 0.25) is 0 Å². The van der Waals surface area contributed by atoms with Crippen molar-refractivity contribution in [3.8, 4) is 11.5 Å². The number of hydrogen-bond acceptors (Lipinski definition) is 7. The van der Waals surface area contributed by atoms with Crippen LogP contribution in [0.3, 0.4) is 0 Å². The number of ether oxygens (including phenoxy) is 2. The van der Waals surface area contributed by atoms with Crippen LogP contribution in [0.25, 0.3) is 0 Å². The first-order valence-corrected chi connectivity index (χ1v) is 8.72. The van der Waals surface area contributed by atoms with Crippen LogP contribution in [-0.2, 0) is 6.54 Å². The first kappa shape index (κ1) is 18.4. The van der Waals surface area contributed by atoms with Crippen LogP contribution < -0.4 is 20.1 Å². The number of pyridine rings is 1. The minimum Gasteiger partial charge on any atom is -0.497 e. The van der Waals surface area contributed by atoms with Crippen molar-refractivity contribution in [3.05, 3.63) is 66.1 Å². The number of hydrogen-bond donors (Lipinski definition) is 2. The SMILES string of the molecule is COc1ccc(OCCNc2cc(C)nc(NCc3ccncc3)n2)cc1. The molecule has 0 aliphatic rings. The van der Waals surface area contributed by atoms with Crippen molar-refractivity contribution in [1.29, 1.82) is 0 Å². The van der Waals surface area contributed by atoms with Gasteiger partial charge in [-0.2, -0.15) is 4.98 Å². The second-order valence-electron chi connectivity index (χ2n) is 5.88. The number of rotatable bonds is 9. The summed E-state index contributed by atoms with van der Waals surface area (Å²) < 4.78 is 10.8. The minimum atomic E-state index is 0.523. The zero-order valence-corrected chi connectivity index (χ0v) is 15.5. The maximum Gasteiger partial charge on any atom is 0.225 e. The van der Waals surface area contributed by atoms with E-state index in [-0.39, 0.29) is 0 Å². The molecule has 7 heteroatoms. The third kappa shape index (κ3) is 5.85. The fourth-order valence-electron chi connectivity index (χ4n) is 2.44. The van der Waals surface area contributed by atoms with Crippen molar-refractivity contribution in [1.82, 2.24) is 15.0 Å². The standard InChI is InChI=1S/C20H23N5O2/c1-15-13-19(22-11-12-27-18-5-3-17(26-2)4-6-18)25-20(24-15)23-14-16-7-9-21-10-8-16/h3-10,13H,11-12,14H2,1-2H3,(H2,22,23,24,25). The molecule has 140 valence electrons. The quantitative estimate of drug-likeness (QED) is 0.563. The molecule has 2 heterocycles. The normalized spacial score (nSPS) is 10.3. The topological polar surface area (TPSA) is 81.2 Å². The Kier molecular flexibility index (Phi) is 6.40. The molecule has 3 aromatic rings. The van der Waals surface area contributed by atoms with Gasteiger partial charge < -0.3 is 20.1 Å². The molecule has 0 bridgehead atoms. The van der Waals surface area contributed by atoms with Crippen LogP contribution in [0, 0.1) is 6.92 Å². The van der Waals surface area contributed by atoms with Crippen LogP contribution >= 0.6 is 0 Å². The number of benzene rings is 1. The predicted octanol–water partition coefficient (Wildman–Crippen LogP) is 3.29. The van der Waals surface area contributed by atoms with Gasteiger partial charge in [-0.1, -0.05) is 0 Å². The average Bonchev–Trinajstić information content (AvgIpc) is 2.70. The lowest BCUT2D eigenvalue weighted by Crippen LogP contribution is -2.14. The summed E-state index contributed by atoms with van der Waals surface area (Å²) in [6.45, 7) is 3.74. The number of aryl methyl sites for hydroxylation is 1. The van der Waals surface area contributed by atoms with E-state index in [0.29, 0.717) is 25.6 Å². The number of methoxy groups -OCH3 is 1. The van der Waals surface area contributed by atoms with Crippen LogP contribution in [0.1, 0.15) is 11.3 Å². The van der Waals surface area contributed by atoms with Gasteiger partial charge in [0.1, 0.15) is 23.9 Å². The van der Waals surface area contributed by atoms with Crippen molar-refractivity contribution < 1.29 is 9.47 Å². The molecule has 3 rings (SSSR count). The average molecular weight is 365 g/mol. The van der Waals surface area contributed by atoms with Gasteiger partial charge in [0.15, 0.2) is 0 Å². The highest BCUT2D eigenvalue weighted by Gasteiger charge is 2.03. The smallest absolute Gasteiger partial charge is 0.225 e. The third-order valence-electron chi connectivity index (χ3n) is 3.79. The van der Waals surface area contributed by atoms with E-state index in [1.807, 2.05) is 49.4 Å². The molecule has 0 aliphatic heterocycles. The van der Waals surface area contributed by atoms with Crippen molar-refractivity contribution in [3.63, 3.8) is 0 Å². The van der Waals surface area contributed by atoms with E-state index < -0.39 is 0 Å². The Morgan fingerprint density at radius 1 is 0.926 bits per heavy atom. The fraction of sp³-hybridized carbons (Fsp3) is 0.250. The highest BCUT2D eigenvalue weighted by Crippen LogP contribution is 2.17. The summed E-state index contributed by atoms with van der Waals surface area (Å²) in [6, 6.07) is 13.3. The lowest BCUT2D eigenvalue weighted by molar-refractivity contribution is 0.331. The van der Waals surface area contributed by atoms with E-state index in [1.54, 1.807) is 19.5 Å². The van der Waals surface area contributed by atoms with Crippen molar-refractivity contribution in [2.75, 3.05) is 30.9 Å². The van der Waals surface area contributed by atoms with E-state index >= 15 is 0 Å². The largest absolute Gasteiger partial charge is 0.497 e. The summed E-state index contributed by atoms with van der Waals surface area (Å²) in [6.07, 6.45) is 3.54. The molecule has 0 amide bonds. The van der Waals surface area contributed by atoms with Gasteiger partial charge in [0.2, 0.25) is 5.95 Å². The molecule has 7 nitrogen and oxygen atoms in total. The summed E-state index contributed by atoms with van der Waals surface area (Å²) in [5, 5.41) is 6.50. The molecule has 0 aliphatic carbocycles. The van der Waals surface area contributed by atoms with Crippen LogP contribution in [0.4, 0.5) is 11.8 Å². The van der Waals surface area contributed by atoms with E-state index in [4.69, 9.17) is 9.47 Å². The van der Waals surface area contributed by atoms with Crippen LogP contribution in [-0.4, -0.2) is 35.2 Å². The molecule has 0 spiro atoms. The highest BCUT2D eigenvalue weighted by molar-refractivity contribution is 5.42. The monoisotopic (exact) mass is 365 g/mol. The zero-order valence-electron chi connectivity index (χ0n) is 15.5. The third-order valence-corrected chi connectivity index (χ3v) is 3.79. The van der Waals surface area contributed by atoms with Crippen LogP contribution in [0.15, 0.2) is 54.9 Å². The Balaban J connectivity index is 1.48. The number of nitrogens with zero attached hydrogens (tertiary/aromatic N) is 3. The maximum atomic E-state index is 5.71. The van der Waals surface area contributed by atoms with Gasteiger partial charge in [-0.25, -0.2) is 4.98 Å². The molecule has 0 unspecified atom stereocenters. The Hall–Kier alpha value is -3.35. The second kappa shape index (κ2) is 9.38. The molecule has 27 heavy (non-hydrogen) atoms. The highest BCUT2D eigenvalue weighted by atomic mass is 16.5. The molecule has 0 radical (unpaired) electrons. The summed E-state index contributed by atoms with van der Waals surface area (Å²) in [5.74, 6) is 2.96. The molecule has 1 aromatic carbocycles. The van der Waals surface area contributed by atoms with Crippen molar-refractivity contribution >= 4 is 11.8 Å². The molecular weight excluding hydrogens is 342 g/mol. The lowest BCUT2D eigenvalue weighted by atomic mass is 10.3. The summed E-state index contributed by atoms with van der Waals surface area (Å²) >= 11 is 0. The summed E-state index contributed by atoms with van der Waals surface area (Å²) in [5.41, 5.74) is 2.01. The molecular formula is C20H23N5O2. The zero-order chi connectivity index (χ0) is 18.9. The molecule has 2 N–H and O–H groups in total. The van der Waals surface area contributed by atoms with Gasteiger partial charge in [0.25, 0.3) is 0 Å². The lowest BCUT2D eigenvalue weighted by Gasteiger charge is -2.11. The Labute approximate surface area is 158 Å². The first-order chi connectivity index (χ1) is 13.2. The Morgan fingerprint density at radius 2 is 1.67 bits per heavy atom. The minimum absolute atomic E-state index is 0.523. The van der Waals surface area contributed by atoms with Gasteiger partial charge in [-0.05, 0) is 48.9 Å². The number of nitrogens with one attached hydrogen (secondary N) is 2. The fourth-order valence-corrected chi connectivity index (χ4v) is 2.44. The van der Waals surface area contributed by atoms with Gasteiger partial charge in [0.05, 0.1) is 13.7 Å². The molecule has 0 atom stereocenters. The Morgan fingerprint density at radius 3 is 2.41 bits per heavy atom. The van der Waals surface area contributed by atoms with E-state index in [1.165, 1.54) is 0 Å². The molecule has 0 saturated carbocycles. The summed E-state index contributed by atoms with van der Waals surface area (Å²) in [4.78, 5) is 12.9. The first-order valence-electron chi connectivity index (χ1n) is 8.72. The maximum absolute atomic E-state index is 5.71. The number of aromatic nitrogens is 3. The van der Waals surface area contributed by atoms with E-state index in [0.717, 1.165) is 28.6 Å². The van der Waals surface area contributed by atoms with Crippen molar-refractivity contribution in [2.45, 2.75) is 13.5 Å². The second-order valence-corrected chi connectivity index (χ2v) is 5.88. The van der Waals surface area contributed by atoms with Crippen molar-refractivity contribution in [2.24, 2.45) is 0 Å². The predicted molar refractivity (Wildman–Crippen MR) is 105 cm³/mol. The van der Waals surface area contributed by atoms with Gasteiger partial charge in [-0.3, -0.25) is 4.98 Å². The number of anilines is 2. The van der Waals surface area contributed by atoms with E-state index in [9.17, 15) is 0 Å². The molecule has 0 saturated heterocycles. The van der Waals surface area contributed by atoms with Gasteiger partial charge in [-0.15, -0.1) is 0 Å².